The highest BCUT2D eigenvalue weighted by Crippen LogP contribution is 2.47. The van der Waals surface area contributed by atoms with Crippen molar-refractivity contribution in [3.05, 3.63) is 114 Å². The lowest BCUT2D eigenvalue weighted by Crippen LogP contribution is -2.13. The predicted octanol–water partition coefficient (Wildman–Crippen LogP) is 6.99. The molecule has 1 aliphatic heterocycles. The normalized spacial score (nSPS) is 13.6. The van der Waals surface area contributed by atoms with E-state index in [1.54, 1.807) is 0 Å². The van der Waals surface area contributed by atoms with E-state index in [1.807, 2.05) is 18.2 Å². The summed E-state index contributed by atoms with van der Waals surface area (Å²) in [7, 11) is -1.29. The first-order chi connectivity index (χ1) is 14.9. The quantitative estimate of drug-likeness (QED) is 0.279. The second-order valence-corrected chi connectivity index (χ2v) is 8.87. The molecule has 5 aromatic rings. The first-order valence-corrected chi connectivity index (χ1v) is 11.3. The Balaban J connectivity index is 1.63. The van der Waals surface area contributed by atoms with Gasteiger partial charge in [-0.15, -0.1) is 0 Å². The van der Waals surface area contributed by atoms with E-state index in [1.165, 1.54) is 32.7 Å². The molecule has 0 amide bonds. The van der Waals surface area contributed by atoms with Crippen LogP contribution >= 0.6 is 8.38 Å². The molecule has 5 aromatic carbocycles. The first-order valence-electron chi connectivity index (χ1n) is 10.1. The van der Waals surface area contributed by atoms with Gasteiger partial charge in [0.05, 0.1) is 5.30 Å². The summed E-state index contributed by atoms with van der Waals surface area (Å²) in [6, 6.07) is 35.8. The van der Waals surface area contributed by atoms with Gasteiger partial charge in [-0.1, -0.05) is 78.9 Å². The van der Waals surface area contributed by atoms with Crippen molar-refractivity contribution >= 4 is 35.2 Å². The highest BCUT2D eigenvalue weighted by atomic mass is 31.2. The summed E-state index contributed by atoms with van der Waals surface area (Å²) in [5.41, 5.74) is 2.44. The van der Waals surface area contributed by atoms with Crippen LogP contribution in [0.15, 0.2) is 103 Å². The molecule has 0 bridgehead atoms. The van der Waals surface area contributed by atoms with Crippen LogP contribution in [0.1, 0.15) is 11.1 Å². The minimum Gasteiger partial charge on any atom is -0.435 e. The summed E-state index contributed by atoms with van der Waals surface area (Å²) in [5, 5.41) is 5.99. The third-order valence-corrected chi connectivity index (χ3v) is 7.12. The standard InChI is InChI=1S/C27H19O2P/c1-2-10-21(11-3-1)30-28-26-16-14-19-8-4-6-12-22(19)24(26)18-25-23-13-7-5-9-20(23)15-17-27(25)29-30/h1-17H,18H2. The van der Waals surface area contributed by atoms with Gasteiger partial charge in [-0.25, -0.2) is 0 Å². The topological polar surface area (TPSA) is 18.5 Å². The van der Waals surface area contributed by atoms with Crippen molar-refractivity contribution in [3.63, 3.8) is 0 Å². The summed E-state index contributed by atoms with van der Waals surface area (Å²) < 4.78 is 13.1. The molecule has 0 unspecified atom stereocenters. The molecule has 6 rings (SSSR count). The van der Waals surface area contributed by atoms with Crippen LogP contribution in [0.4, 0.5) is 0 Å². The van der Waals surface area contributed by atoms with Crippen LogP contribution in [-0.4, -0.2) is 0 Å². The molecule has 144 valence electrons. The van der Waals surface area contributed by atoms with E-state index in [9.17, 15) is 0 Å². The average molecular weight is 406 g/mol. The van der Waals surface area contributed by atoms with E-state index in [2.05, 4.69) is 84.9 Å². The van der Waals surface area contributed by atoms with Gasteiger partial charge in [0.2, 0.25) is 0 Å². The number of hydrogen-bond donors (Lipinski definition) is 0. The lowest BCUT2D eigenvalue weighted by molar-refractivity contribution is 0.490. The van der Waals surface area contributed by atoms with Crippen molar-refractivity contribution in [2.75, 3.05) is 0 Å². The highest BCUT2D eigenvalue weighted by molar-refractivity contribution is 7.56. The molecule has 0 saturated carbocycles. The van der Waals surface area contributed by atoms with Crippen molar-refractivity contribution in [1.29, 1.82) is 0 Å². The molecule has 0 radical (unpaired) electrons. The summed E-state index contributed by atoms with van der Waals surface area (Å²) in [4.78, 5) is 0. The zero-order valence-corrected chi connectivity index (χ0v) is 17.2. The molecule has 2 nitrogen and oxygen atoms in total. The SMILES string of the molecule is c1ccc(P2Oc3ccc4ccccc4c3Cc3c(ccc4ccccc34)O2)cc1. The van der Waals surface area contributed by atoms with Crippen molar-refractivity contribution in [3.8, 4) is 11.5 Å². The van der Waals surface area contributed by atoms with E-state index in [4.69, 9.17) is 9.05 Å². The minimum atomic E-state index is -1.29. The second kappa shape index (κ2) is 7.16. The van der Waals surface area contributed by atoms with Gasteiger partial charge in [0.1, 0.15) is 11.5 Å². The third kappa shape index (κ3) is 2.93. The highest BCUT2D eigenvalue weighted by Gasteiger charge is 2.26. The number of rotatable bonds is 1. The van der Waals surface area contributed by atoms with Gasteiger partial charge in [-0.3, -0.25) is 0 Å². The second-order valence-electron chi connectivity index (χ2n) is 7.48. The molecule has 1 heterocycles. The molecular weight excluding hydrogens is 387 g/mol. The van der Waals surface area contributed by atoms with Gasteiger partial charge in [-0.2, -0.15) is 0 Å². The number of benzene rings is 5. The van der Waals surface area contributed by atoms with E-state index in [0.717, 1.165) is 23.2 Å². The fourth-order valence-electron chi connectivity index (χ4n) is 4.20. The van der Waals surface area contributed by atoms with E-state index in [-0.39, 0.29) is 0 Å². The summed E-state index contributed by atoms with van der Waals surface area (Å²) in [6.45, 7) is 0. The molecule has 0 saturated heterocycles. The molecule has 0 atom stereocenters. The Hall–Kier alpha value is -3.35. The fraction of sp³-hybridized carbons (Fsp3) is 0.0370. The molecule has 0 fully saturated rings. The van der Waals surface area contributed by atoms with Gasteiger partial charge in [0.25, 0.3) is 0 Å². The lowest BCUT2D eigenvalue weighted by Gasteiger charge is -2.26. The maximum absolute atomic E-state index is 6.54. The van der Waals surface area contributed by atoms with Crippen LogP contribution < -0.4 is 14.4 Å². The van der Waals surface area contributed by atoms with Gasteiger partial charge < -0.3 is 9.05 Å². The average Bonchev–Trinajstić information content (AvgIpc) is 2.79. The Morgan fingerprint density at radius 2 is 1.00 bits per heavy atom. The smallest absolute Gasteiger partial charge is 0.326 e. The summed E-state index contributed by atoms with van der Waals surface area (Å²) in [6.07, 6.45) is 0.769. The number of fused-ring (bicyclic) bond motifs is 6. The molecule has 0 N–H and O–H groups in total. The van der Waals surface area contributed by atoms with Crippen LogP contribution in [0, 0.1) is 0 Å². The van der Waals surface area contributed by atoms with E-state index < -0.39 is 8.38 Å². The monoisotopic (exact) mass is 406 g/mol. The fourth-order valence-corrected chi connectivity index (χ4v) is 5.56. The van der Waals surface area contributed by atoms with Crippen molar-refractivity contribution in [1.82, 2.24) is 0 Å². The Labute approximate surface area is 176 Å². The molecule has 0 aromatic heterocycles. The van der Waals surface area contributed by atoms with Crippen LogP contribution in [0.2, 0.25) is 0 Å². The first kappa shape index (κ1) is 17.5. The molecule has 1 aliphatic rings. The minimum absolute atomic E-state index is 0.769. The van der Waals surface area contributed by atoms with Crippen LogP contribution in [-0.2, 0) is 6.42 Å². The maximum atomic E-state index is 6.54. The predicted molar refractivity (Wildman–Crippen MR) is 125 cm³/mol. The van der Waals surface area contributed by atoms with Crippen LogP contribution in [0.5, 0.6) is 11.5 Å². The largest absolute Gasteiger partial charge is 0.435 e. The molecular formula is C27H19O2P. The molecule has 3 heteroatoms. The molecule has 30 heavy (non-hydrogen) atoms. The van der Waals surface area contributed by atoms with Crippen molar-refractivity contribution < 1.29 is 9.05 Å². The molecule has 0 spiro atoms. The van der Waals surface area contributed by atoms with Gasteiger partial charge in [0, 0.05) is 17.5 Å². The van der Waals surface area contributed by atoms with E-state index >= 15 is 0 Å². The van der Waals surface area contributed by atoms with Crippen LogP contribution in [0.3, 0.4) is 0 Å². The van der Waals surface area contributed by atoms with Crippen LogP contribution in [0.25, 0.3) is 21.5 Å². The Bertz CT molecular complexity index is 1290. The maximum Gasteiger partial charge on any atom is 0.326 e. The zero-order chi connectivity index (χ0) is 19.9. The van der Waals surface area contributed by atoms with Gasteiger partial charge in [0.15, 0.2) is 0 Å². The van der Waals surface area contributed by atoms with Crippen molar-refractivity contribution in [2.24, 2.45) is 0 Å². The van der Waals surface area contributed by atoms with Crippen molar-refractivity contribution in [2.45, 2.75) is 6.42 Å². The Morgan fingerprint density at radius 3 is 1.57 bits per heavy atom. The van der Waals surface area contributed by atoms with Gasteiger partial charge >= 0.3 is 8.38 Å². The Morgan fingerprint density at radius 1 is 0.500 bits per heavy atom. The number of hydrogen-bond acceptors (Lipinski definition) is 2. The molecule has 0 aliphatic carbocycles. The summed E-state index contributed by atoms with van der Waals surface area (Å²) >= 11 is 0. The Kier molecular flexibility index (Phi) is 4.18. The summed E-state index contributed by atoms with van der Waals surface area (Å²) in [5.74, 6) is 1.81. The zero-order valence-electron chi connectivity index (χ0n) is 16.3. The van der Waals surface area contributed by atoms with E-state index in [0.29, 0.717) is 0 Å². The van der Waals surface area contributed by atoms with Gasteiger partial charge in [-0.05, 0) is 45.8 Å². The lowest BCUT2D eigenvalue weighted by atomic mass is 9.93. The third-order valence-electron chi connectivity index (χ3n) is 5.68.